The molecule has 0 saturated heterocycles. The van der Waals surface area contributed by atoms with E-state index in [9.17, 15) is 9.59 Å². The third kappa shape index (κ3) is 5.79. The minimum absolute atomic E-state index is 0.0182. The largest absolute Gasteiger partial charge is 0.463 e. The summed E-state index contributed by atoms with van der Waals surface area (Å²) < 4.78 is 5.29. The zero-order chi connectivity index (χ0) is 21.4. The van der Waals surface area contributed by atoms with Crippen LogP contribution in [0.3, 0.4) is 0 Å². The summed E-state index contributed by atoms with van der Waals surface area (Å²) in [4.78, 5) is 26.6. The molecule has 1 aromatic rings. The number of esters is 1. The highest BCUT2D eigenvalue weighted by molar-refractivity contribution is 7.80. The fourth-order valence-corrected chi connectivity index (χ4v) is 3.79. The van der Waals surface area contributed by atoms with Gasteiger partial charge in [-0.15, -0.1) is 0 Å². The molecule has 2 rings (SSSR count). The Morgan fingerprint density at radius 2 is 1.86 bits per heavy atom. The van der Waals surface area contributed by atoms with E-state index in [1.807, 2.05) is 43.0 Å². The molecule has 1 heterocycles. The number of rotatable bonds is 9. The van der Waals surface area contributed by atoms with Crippen LogP contribution in [0.25, 0.3) is 0 Å². The average molecular weight is 418 g/mol. The fourth-order valence-electron chi connectivity index (χ4n) is 3.40. The Hall–Kier alpha value is -2.41. The van der Waals surface area contributed by atoms with Gasteiger partial charge in [0.25, 0.3) is 0 Å². The molecule has 0 saturated carbocycles. The van der Waals surface area contributed by atoms with Crippen LogP contribution in [-0.4, -0.2) is 35.0 Å². The van der Waals surface area contributed by atoms with Crippen LogP contribution in [0.1, 0.15) is 65.0 Å². The smallest absolute Gasteiger partial charge is 0.338 e. The van der Waals surface area contributed by atoms with Crippen molar-refractivity contribution >= 4 is 34.9 Å². The van der Waals surface area contributed by atoms with E-state index in [-0.39, 0.29) is 11.9 Å². The molecule has 1 aliphatic rings. The molecule has 1 aliphatic heterocycles. The van der Waals surface area contributed by atoms with Gasteiger partial charge < -0.3 is 20.3 Å². The number of ether oxygens (including phenoxy) is 1. The van der Waals surface area contributed by atoms with Gasteiger partial charge in [0.15, 0.2) is 5.11 Å². The molecule has 0 spiro atoms. The molecule has 2 N–H and O–H groups in total. The van der Waals surface area contributed by atoms with Crippen molar-refractivity contribution in [1.29, 1.82) is 0 Å². The van der Waals surface area contributed by atoms with Crippen molar-refractivity contribution in [3.63, 3.8) is 0 Å². The number of nitrogens with one attached hydrogen (secondary N) is 2. The van der Waals surface area contributed by atoms with Crippen molar-refractivity contribution in [2.24, 2.45) is 0 Å². The van der Waals surface area contributed by atoms with Crippen molar-refractivity contribution < 1.29 is 14.3 Å². The van der Waals surface area contributed by atoms with Gasteiger partial charge in [0, 0.05) is 24.4 Å². The van der Waals surface area contributed by atoms with Crippen LogP contribution in [0, 0.1) is 0 Å². The van der Waals surface area contributed by atoms with Crippen LogP contribution in [0.5, 0.6) is 0 Å². The quantitative estimate of drug-likeness (QED) is 0.355. The molecule has 0 aromatic heterocycles. The Kier molecular flexibility index (Phi) is 8.64. The summed E-state index contributed by atoms with van der Waals surface area (Å²) in [6.45, 7) is 8.75. The molecule has 0 aliphatic carbocycles. The number of thiocarbonyl (C=S) groups is 1. The van der Waals surface area contributed by atoms with Gasteiger partial charge in [-0.3, -0.25) is 4.79 Å². The maximum Gasteiger partial charge on any atom is 0.338 e. The van der Waals surface area contributed by atoms with Crippen LogP contribution in [0.4, 0.5) is 5.69 Å². The van der Waals surface area contributed by atoms with Gasteiger partial charge in [-0.1, -0.05) is 31.9 Å². The van der Waals surface area contributed by atoms with Gasteiger partial charge in [-0.2, -0.15) is 0 Å². The fraction of sp³-hybridized carbons (Fsp3) is 0.500. The highest BCUT2D eigenvalue weighted by Gasteiger charge is 2.34. The van der Waals surface area contributed by atoms with Crippen molar-refractivity contribution in [2.45, 2.75) is 59.4 Å². The van der Waals surface area contributed by atoms with E-state index in [0.717, 1.165) is 36.2 Å². The zero-order valence-electron chi connectivity index (χ0n) is 17.7. The maximum absolute atomic E-state index is 12.7. The number of benzene rings is 1. The number of carbonyl (C=O) groups excluding carboxylic acids is 2. The summed E-state index contributed by atoms with van der Waals surface area (Å²) in [5, 5.41) is 6.76. The summed E-state index contributed by atoms with van der Waals surface area (Å²) in [6.07, 6.45) is 3.56. The SMILES string of the molecule is CCCCCC(=O)Nc1ccc(C2NC(=S)N(CC)C(C)=C2C(=O)OCC)cc1. The molecular formula is C22H31N3O3S. The van der Waals surface area contributed by atoms with E-state index < -0.39 is 6.04 Å². The summed E-state index contributed by atoms with van der Waals surface area (Å²) >= 11 is 5.49. The number of carbonyl (C=O) groups is 2. The normalized spacial score (nSPS) is 16.5. The van der Waals surface area contributed by atoms with Crippen LogP contribution < -0.4 is 10.6 Å². The first kappa shape index (κ1) is 22.9. The molecule has 0 bridgehead atoms. The molecule has 158 valence electrons. The standard InChI is InChI=1S/C22H31N3O3S/c1-5-8-9-10-18(26)23-17-13-11-16(12-14-17)20-19(21(27)28-7-3)15(4)25(6-2)22(29)24-20/h11-14,20H,5-10H2,1-4H3,(H,23,26)(H,24,29). The van der Waals surface area contributed by atoms with Crippen molar-refractivity contribution in [3.8, 4) is 0 Å². The second-order valence-corrected chi connectivity index (χ2v) is 7.36. The van der Waals surface area contributed by atoms with E-state index in [1.54, 1.807) is 6.92 Å². The lowest BCUT2D eigenvalue weighted by Crippen LogP contribution is -2.47. The number of hydrogen-bond acceptors (Lipinski definition) is 4. The van der Waals surface area contributed by atoms with E-state index in [1.165, 1.54) is 0 Å². The molecule has 1 unspecified atom stereocenters. The van der Waals surface area contributed by atoms with Gasteiger partial charge in [0.1, 0.15) is 0 Å². The monoisotopic (exact) mass is 417 g/mol. The molecule has 6 nitrogen and oxygen atoms in total. The Balaban J connectivity index is 2.22. The molecule has 1 atom stereocenters. The first-order chi connectivity index (χ1) is 13.9. The molecular weight excluding hydrogens is 386 g/mol. The van der Waals surface area contributed by atoms with E-state index >= 15 is 0 Å². The number of nitrogens with zero attached hydrogens (tertiary/aromatic N) is 1. The molecule has 1 aromatic carbocycles. The average Bonchev–Trinajstić information content (AvgIpc) is 2.68. The molecule has 0 radical (unpaired) electrons. The minimum atomic E-state index is -0.390. The summed E-state index contributed by atoms with van der Waals surface area (Å²) in [6, 6.07) is 7.11. The first-order valence-electron chi connectivity index (χ1n) is 10.3. The highest BCUT2D eigenvalue weighted by atomic mass is 32.1. The number of anilines is 1. The Bertz CT molecular complexity index is 774. The van der Waals surface area contributed by atoms with Gasteiger partial charge in [0.2, 0.25) is 5.91 Å². The zero-order valence-corrected chi connectivity index (χ0v) is 18.5. The number of unbranched alkanes of at least 4 members (excludes halogenated alkanes) is 2. The maximum atomic E-state index is 12.7. The summed E-state index contributed by atoms with van der Waals surface area (Å²) in [7, 11) is 0. The number of amides is 1. The third-order valence-electron chi connectivity index (χ3n) is 4.94. The predicted molar refractivity (Wildman–Crippen MR) is 119 cm³/mol. The lowest BCUT2D eigenvalue weighted by atomic mass is 9.95. The Labute approximate surface area is 178 Å². The van der Waals surface area contributed by atoms with Crippen LogP contribution in [0.15, 0.2) is 35.5 Å². The second-order valence-electron chi connectivity index (χ2n) is 6.97. The van der Waals surface area contributed by atoms with Crippen molar-refractivity contribution in [1.82, 2.24) is 10.2 Å². The second kappa shape index (κ2) is 11.0. The van der Waals surface area contributed by atoms with Gasteiger partial charge in [-0.25, -0.2) is 4.79 Å². The lowest BCUT2D eigenvalue weighted by molar-refractivity contribution is -0.139. The van der Waals surface area contributed by atoms with Gasteiger partial charge >= 0.3 is 5.97 Å². The summed E-state index contributed by atoms with van der Waals surface area (Å²) in [5.41, 5.74) is 2.98. The van der Waals surface area contributed by atoms with Crippen LogP contribution in [-0.2, 0) is 14.3 Å². The Morgan fingerprint density at radius 3 is 2.45 bits per heavy atom. The van der Waals surface area contributed by atoms with Gasteiger partial charge in [0.05, 0.1) is 18.2 Å². The highest BCUT2D eigenvalue weighted by Crippen LogP contribution is 2.32. The van der Waals surface area contributed by atoms with Crippen LogP contribution in [0.2, 0.25) is 0 Å². The van der Waals surface area contributed by atoms with Gasteiger partial charge in [-0.05, 0) is 57.1 Å². The van der Waals surface area contributed by atoms with E-state index in [0.29, 0.717) is 30.3 Å². The molecule has 29 heavy (non-hydrogen) atoms. The van der Waals surface area contributed by atoms with Crippen molar-refractivity contribution in [2.75, 3.05) is 18.5 Å². The predicted octanol–water partition coefficient (Wildman–Crippen LogP) is 4.29. The minimum Gasteiger partial charge on any atom is -0.463 e. The Morgan fingerprint density at radius 1 is 1.17 bits per heavy atom. The van der Waals surface area contributed by atoms with E-state index in [2.05, 4.69) is 17.6 Å². The lowest BCUT2D eigenvalue weighted by Gasteiger charge is -2.37. The van der Waals surface area contributed by atoms with Crippen LogP contribution >= 0.6 is 12.2 Å². The summed E-state index contributed by atoms with van der Waals surface area (Å²) in [5.74, 6) is -0.332. The number of allylic oxidation sites excluding steroid dienone is 1. The molecule has 1 amide bonds. The number of hydrogen-bond donors (Lipinski definition) is 2. The third-order valence-corrected chi connectivity index (χ3v) is 5.28. The molecule has 0 fully saturated rings. The topological polar surface area (TPSA) is 70.7 Å². The van der Waals surface area contributed by atoms with Crippen molar-refractivity contribution in [3.05, 3.63) is 41.1 Å². The first-order valence-corrected chi connectivity index (χ1v) is 10.7. The van der Waals surface area contributed by atoms with E-state index in [4.69, 9.17) is 17.0 Å². The molecule has 7 heteroatoms.